The Morgan fingerprint density at radius 3 is 1.91 bits per heavy atom. The van der Waals surface area contributed by atoms with Gasteiger partial charge in [-0.3, -0.25) is 4.68 Å². The molecule has 0 aliphatic rings. The van der Waals surface area contributed by atoms with Gasteiger partial charge in [-0.25, -0.2) is 0 Å². The first kappa shape index (κ1) is 18.0. The topological polar surface area (TPSA) is 17.8 Å². The summed E-state index contributed by atoms with van der Waals surface area (Å²) < 4.78 is 2.09. The highest BCUT2D eigenvalue weighted by molar-refractivity contribution is 5.90. The minimum absolute atomic E-state index is 0.161. The molecule has 0 saturated heterocycles. The maximum absolute atomic E-state index is 4.65. The van der Waals surface area contributed by atoms with Crippen molar-refractivity contribution in [3.8, 4) is 0 Å². The normalized spacial score (nSPS) is 13.1. The van der Waals surface area contributed by atoms with E-state index < -0.39 is 0 Å². The van der Waals surface area contributed by atoms with Gasteiger partial charge in [-0.05, 0) is 66.2 Å². The van der Waals surface area contributed by atoms with Crippen LogP contribution >= 0.6 is 0 Å². The predicted octanol–water partition coefficient (Wildman–Crippen LogP) is 5.96. The van der Waals surface area contributed by atoms with E-state index in [0.717, 1.165) is 19.3 Å². The lowest BCUT2D eigenvalue weighted by molar-refractivity contribution is 0.439. The largest absolute Gasteiger partial charge is 0.268 e. The second kappa shape index (κ2) is 5.96. The Balaban J connectivity index is 3.02. The van der Waals surface area contributed by atoms with Crippen LogP contribution in [0.1, 0.15) is 83.1 Å². The van der Waals surface area contributed by atoms with Crippen LogP contribution in [0.4, 0.5) is 0 Å². The van der Waals surface area contributed by atoms with E-state index in [1.54, 1.807) is 0 Å². The van der Waals surface area contributed by atoms with Crippen molar-refractivity contribution >= 4 is 10.9 Å². The molecule has 0 amide bonds. The van der Waals surface area contributed by atoms with Crippen LogP contribution in [0.2, 0.25) is 0 Å². The van der Waals surface area contributed by atoms with Crippen LogP contribution in [-0.2, 0) is 17.9 Å². The van der Waals surface area contributed by atoms with Gasteiger partial charge < -0.3 is 0 Å². The summed E-state index contributed by atoms with van der Waals surface area (Å²) in [6.45, 7) is 18.7. The molecule has 128 valence electrons. The molecule has 0 saturated carbocycles. The molecule has 0 atom stereocenters. The number of nitrogens with zero attached hydrogens (tertiary/aromatic N) is 2. The van der Waals surface area contributed by atoms with Gasteiger partial charge in [0.2, 0.25) is 0 Å². The molecule has 2 nitrogen and oxygen atoms in total. The van der Waals surface area contributed by atoms with Crippen LogP contribution in [0, 0.1) is 13.8 Å². The number of aromatic nitrogens is 2. The Bertz CT molecular complexity index is 715. The van der Waals surface area contributed by atoms with Gasteiger partial charge in [0.25, 0.3) is 0 Å². The molecule has 1 aromatic heterocycles. The molecular weight excluding hydrogens is 280 g/mol. The second-order valence-electron chi connectivity index (χ2n) is 8.04. The van der Waals surface area contributed by atoms with Crippen LogP contribution in [-0.4, -0.2) is 9.78 Å². The van der Waals surface area contributed by atoms with Crippen molar-refractivity contribution in [1.29, 1.82) is 0 Å². The van der Waals surface area contributed by atoms with Crippen molar-refractivity contribution in [2.24, 2.45) is 7.05 Å². The van der Waals surface area contributed by atoms with Gasteiger partial charge in [-0.15, -0.1) is 0 Å². The van der Waals surface area contributed by atoms with E-state index in [1.165, 1.54) is 33.2 Å². The van der Waals surface area contributed by atoms with Crippen LogP contribution in [0.5, 0.6) is 0 Å². The zero-order chi connectivity index (χ0) is 17.6. The third kappa shape index (κ3) is 2.60. The summed E-state index contributed by atoms with van der Waals surface area (Å²) in [7, 11) is 2.09. The van der Waals surface area contributed by atoms with Crippen LogP contribution in [0.3, 0.4) is 0 Å². The molecule has 2 aromatic rings. The van der Waals surface area contributed by atoms with Gasteiger partial charge in [-0.2, -0.15) is 5.10 Å². The number of hydrogen-bond acceptors (Lipinski definition) is 1. The van der Waals surface area contributed by atoms with E-state index in [9.17, 15) is 0 Å². The zero-order valence-corrected chi connectivity index (χ0v) is 16.6. The summed E-state index contributed by atoms with van der Waals surface area (Å²) in [6.07, 6.45) is 5.54. The highest BCUT2D eigenvalue weighted by Gasteiger charge is 2.33. The van der Waals surface area contributed by atoms with Gasteiger partial charge in [0.05, 0.1) is 11.7 Å². The van der Waals surface area contributed by atoms with Crippen LogP contribution in [0.15, 0.2) is 6.20 Å². The fourth-order valence-electron chi connectivity index (χ4n) is 4.06. The summed E-state index contributed by atoms with van der Waals surface area (Å²) in [5.41, 5.74) is 7.62. The monoisotopic (exact) mass is 314 g/mol. The van der Waals surface area contributed by atoms with E-state index in [4.69, 9.17) is 0 Å². The molecule has 0 aliphatic heterocycles. The first-order chi connectivity index (χ1) is 10.6. The Labute approximate surface area is 142 Å². The average molecular weight is 315 g/mol. The summed E-state index contributed by atoms with van der Waals surface area (Å²) in [5, 5.41) is 6.01. The minimum atomic E-state index is 0.161. The van der Waals surface area contributed by atoms with E-state index in [-0.39, 0.29) is 10.8 Å². The van der Waals surface area contributed by atoms with Crippen molar-refractivity contribution in [2.75, 3.05) is 0 Å². The number of benzene rings is 1. The summed E-state index contributed by atoms with van der Waals surface area (Å²) in [4.78, 5) is 0. The molecule has 0 unspecified atom stereocenters. The molecule has 0 radical (unpaired) electrons. The molecule has 0 N–H and O–H groups in total. The molecular formula is C21H34N2. The fraction of sp³-hybridized carbons (Fsp3) is 0.667. The lowest BCUT2D eigenvalue weighted by Gasteiger charge is -2.34. The fourth-order valence-corrected chi connectivity index (χ4v) is 4.06. The van der Waals surface area contributed by atoms with Gasteiger partial charge in [0.1, 0.15) is 0 Å². The number of hydrogen-bond donors (Lipinski definition) is 0. The quantitative estimate of drug-likeness (QED) is 0.666. The molecule has 1 aromatic carbocycles. The van der Waals surface area contributed by atoms with Gasteiger partial charge in [0.15, 0.2) is 0 Å². The van der Waals surface area contributed by atoms with Gasteiger partial charge in [0, 0.05) is 12.4 Å². The third-order valence-electron chi connectivity index (χ3n) is 6.48. The Morgan fingerprint density at radius 1 is 0.913 bits per heavy atom. The standard InChI is InChI=1S/C21H34N2/c1-10-20(6,7)18-15(5)14(4)17(21(8,11-2)12-3)16-13-22-23(9)19(16)18/h13H,10-12H2,1-9H3. The molecule has 23 heavy (non-hydrogen) atoms. The Kier molecular flexibility index (Phi) is 4.67. The van der Waals surface area contributed by atoms with E-state index in [0.29, 0.717) is 0 Å². The summed E-state index contributed by atoms with van der Waals surface area (Å²) in [6, 6.07) is 0. The van der Waals surface area contributed by atoms with E-state index in [2.05, 4.69) is 78.4 Å². The molecule has 0 fully saturated rings. The Hall–Kier alpha value is -1.31. The van der Waals surface area contributed by atoms with Crippen LogP contribution < -0.4 is 0 Å². The summed E-state index contributed by atoms with van der Waals surface area (Å²) in [5.74, 6) is 0. The van der Waals surface area contributed by atoms with E-state index in [1.807, 2.05) is 0 Å². The van der Waals surface area contributed by atoms with Crippen molar-refractivity contribution in [3.05, 3.63) is 28.5 Å². The molecule has 1 heterocycles. The van der Waals surface area contributed by atoms with Crippen molar-refractivity contribution < 1.29 is 0 Å². The van der Waals surface area contributed by atoms with Gasteiger partial charge in [-0.1, -0.05) is 41.5 Å². The van der Waals surface area contributed by atoms with E-state index >= 15 is 0 Å². The molecule has 2 heteroatoms. The highest BCUT2D eigenvalue weighted by atomic mass is 15.2. The van der Waals surface area contributed by atoms with Crippen molar-refractivity contribution in [3.63, 3.8) is 0 Å². The average Bonchev–Trinajstić information content (AvgIpc) is 2.89. The highest BCUT2D eigenvalue weighted by Crippen LogP contribution is 2.44. The third-order valence-corrected chi connectivity index (χ3v) is 6.48. The maximum atomic E-state index is 4.65. The van der Waals surface area contributed by atoms with Crippen molar-refractivity contribution in [1.82, 2.24) is 9.78 Å². The summed E-state index contributed by atoms with van der Waals surface area (Å²) >= 11 is 0. The predicted molar refractivity (Wildman–Crippen MR) is 101 cm³/mol. The lowest BCUT2D eigenvalue weighted by atomic mass is 9.70. The van der Waals surface area contributed by atoms with Crippen LogP contribution in [0.25, 0.3) is 10.9 Å². The number of aryl methyl sites for hydroxylation is 1. The number of rotatable bonds is 5. The first-order valence-corrected chi connectivity index (χ1v) is 9.10. The molecule has 2 rings (SSSR count). The zero-order valence-electron chi connectivity index (χ0n) is 16.6. The maximum Gasteiger partial charge on any atom is 0.0722 e. The lowest BCUT2D eigenvalue weighted by Crippen LogP contribution is -2.25. The number of fused-ring (bicyclic) bond motifs is 1. The smallest absolute Gasteiger partial charge is 0.0722 e. The molecule has 0 aliphatic carbocycles. The Morgan fingerprint density at radius 2 is 1.43 bits per heavy atom. The van der Waals surface area contributed by atoms with Crippen molar-refractivity contribution in [2.45, 2.75) is 85.5 Å². The SMILES string of the molecule is CCC(C)(C)c1c(C)c(C)c(C(C)(CC)CC)c2cnn(C)c12. The molecule has 0 spiro atoms. The molecule has 0 bridgehead atoms. The van der Waals surface area contributed by atoms with Gasteiger partial charge >= 0.3 is 0 Å². The second-order valence-corrected chi connectivity index (χ2v) is 8.04. The first-order valence-electron chi connectivity index (χ1n) is 9.10. The minimum Gasteiger partial charge on any atom is -0.268 e.